The van der Waals surface area contributed by atoms with E-state index < -0.39 is 0 Å². The lowest BCUT2D eigenvalue weighted by molar-refractivity contribution is -0.143. The predicted octanol–water partition coefficient (Wildman–Crippen LogP) is 15.4. The molecule has 44 heavy (non-hydrogen) atoms. The molecule has 2 nitrogen and oxygen atoms in total. The Morgan fingerprint density at radius 2 is 0.500 bits per heavy atom. The van der Waals surface area contributed by atoms with Crippen molar-refractivity contribution in [2.24, 2.45) is 0 Å². The van der Waals surface area contributed by atoms with E-state index in [1.165, 1.54) is 212 Å². The first-order chi connectivity index (χ1) is 21.8. The Morgan fingerprint density at radius 3 is 0.750 bits per heavy atom. The van der Waals surface area contributed by atoms with Crippen LogP contribution in [-0.4, -0.2) is 12.6 Å². The van der Waals surface area contributed by atoms with Crippen LogP contribution in [0.2, 0.25) is 0 Å². The normalized spacial score (nSPS) is 11.4. The lowest BCUT2D eigenvalue weighted by Crippen LogP contribution is -2.05. The molecule has 0 spiro atoms. The van der Waals surface area contributed by atoms with Crippen molar-refractivity contribution in [3.63, 3.8) is 0 Å². The van der Waals surface area contributed by atoms with Gasteiger partial charge in [0.05, 0.1) is 6.61 Å². The van der Waals surface area contributed by atoms with Crippen LogP contribution in [0, 0.1) is 0 Å². The second-order valence-electron chi connectivity index (χ2n) is 14.3. The molecule has 0 aliphatic carbocycles. The molecule has 0 aromatic heterocycles. The summed E-state index contributed by atoms with van der Waals surface area (Å²) in [5.74, 6) is 0.00416. The van der Waals surface area contributed by atoms with Crippen molar-refractivity contribution in [1.82, 2.24) is 0 Å². The SMILES string of the molecule is CCCCCCCCCCCCCCCCCCCCCCCCCCCCCCCCCCCCOC(=O)CCCCC. The van der Waals surface area contributed by atoms with Crippen LogP contribution in [0.25, 0.3) is 0 Å². The van der Waals surface area contributed by atoms with Crippen LogP contribution in [0.4, 0.5) is 0 Å². The van der Waals surface area contributed by atoms with Gasteiger partial charge in [-0.15, -0.1) is 0 Å². The zero-order valence-electron chi connectivity index (χ0n) is 30.9. The van der Waals surface area contributed by atoms with E-state index in [0.717, 1.165) is 25.7 Å². The summed E-state index contributed by atoms with van der Waals surface area (Å²) in [6.45, 7) is 5.10. The Balaban J connectivity index is 3.07. The monoisotopic (exact) mass is 621 g/mol. The van der Waals surface area contributed by atoms with Gasteiger partial charge in [0.15, 0.2) is 0 Å². The van der Waals surface area contributed by atoms with E-state index in [1.54, 1.807) is 0 Å². The van der Waals surface area contributed by atoms with Gasteiger partial charge in [-0.2, -0.15) is 0 Å². The highest BCUT2D eigenvalue weighted by atomic mass is 16.5. The van der Waals surface area contributed by atoms with Gasteiger partial charge in [0, 0.05) is 6.42 Å². The number of carbonyl (C=O) groups is 1. The van der Waals surface area contributed by atoms with Gasteiger partial charge in [-0.3, -0.25) is 4.79 Å². The molecule has 0 amide bonds. The molecule has 0 atom stereocenters. The number of hydrogen-bond donors (Lipinski definition) is 0. The third kappa shape index (κ3) is 39.5. The zero-order valence-corrected chi connectivity index (χ0v) is 30.9. The summed E-state index contributed by atoms with van der Waals surface area (Å²) in [7, 11) is 0. The molecule has 0 fully saturated rings. The van der Waals surface area contributed by atoms with Gasteiger partial charge in [-0.1, -0.05) is 239 Å². The van der Waals surface area contributed by atoms with Crippen molar-refractivity contribution < 1.29 is 9.53 Å². The maximum atomic E-state index is 11.6. The summed E-state index contributed by atoms with van der Waals surface area (Å²) in [6, 6.07) is 0. The lowest BCUT2D eigenvalue weighted by Gasteiger charge is -2.05. The predicted molar refractivity (Wildman–Crippen MR) is 198 cm³/mol. The number of esters is 1. The molecule has 0 radical (unpaired) electrons. The van der Waals surface area contributed by atoms with E-state index in [2.05, 4.69) is 13.8 Å². The van der Waals surface area contributed by atoms with Gasteiger partial charge in [0.2, 0.25) is 0 Å². The average molecular weight is 621 g/mol. The van der Waals surface area contributed by atoms with Crippen LogP contribution in [0.15, 0.2) is 0 Å². The molecule has 0 N–H and O–H groups in total. The van der Waals surface area contributed by atoms with Crippen LogP contribution in [0.1, 0.15) is 258 Å². The molecule has 0 aliphatic rings. The van der Waals surface area contributed by atoms with E-state index in [9.17, 15) is 4.79 Å². The first-order valence-corrected chi connectivity index (χ1v) is 21.0. The minimum Gasteiger partial charge on any atom is -0.466 e. The van der Waals surface area contributed by atoms with Gasteiger partial charge in [0.1, 0.15) is 0 Å². The minimum atomic E-state index is 0.00416. The molecule has 0 unspecified atom stereocenters. The van der Waals surface area contributed by atoms with Gasteiger partial charge < -0.3 is 4.74 Å². The van der Waals surface area contributed by atoms with Gasteiger partial charge in [-0.25, -0.2) is 0 Å². The highest BCUT2D eigenvalue weighted by Crippen LogP contribution is 2.17. The maximum absolute atomic E-state index is 11.6. The Kier molecular flexibility index (Phi) is 40.0. The topological polar surface area (TPSA) is 26.3 Å². The Morgan fingerprint density at radius 1 is 0.295 bits per heavy atom. The van der Waals surface area contributed by atoms with Crippen LogP contribution < -0.4 is 0 Å². The molecule has 0 heterocycles. The molecule has 0 rings (SSSR count). The number of hydrogen-bond acceptors (Lipinski definition) is 2. The fourth-order valence-electron chi connectivity index (χ4n) is 6.61. The highest BCUT2D eigenvalue weighted by molar-refractivity contribution is 5.69. The number of carbonyl (C=O) groups excluding carboxylic acids is 1. The Bertz CT molecular complexity index is 516. The van der Waals surface area contributed by atoms with Crippen LogP contribution in [-0.2, 0) is 9.53 Å². The summed E-state index contributed by atoms with van der Waals surface area (Å²) >= 11 is 0. The second-order valence-corrected chi connectivity index (χ2v) is 14.3. The Hall–Kier alpha value is -0.530. The van der Waals surface area contributed by atoms with Crippen molar-refractivity contribution in [2.45, 2.75) is 258 Å². The van der Waals surface area contributed by atoms with E-state index in [1.807, 2.05) is 0 Å². The number of ether oxygens (including phenoxy) is 1. The van der Waals surface area contributed by atoms with E-state index >= 15 is 0 Å². The Labute approximate surface area is 279 Å². The van der Waals surface area contributed by atoms with Crippen LogP contribution in [0.3, 0.4) is 0 Å². The first kappa shape index (κ1) is 43.5. The summed E-state index contributed by atoms with van der Waals surface area (Å²) < 4.78 is 5.32. The number of rotatable bonds is 39. The summed E-state index contributed by atoms with van der Waals surface area (Å²) in [4.78, 5) is 11.6. The second kappa shape index (κ2) is 40.5. The molecule has 0 aromatic carbocycles. The van der Waals surface area contributed by atoms with Crippen molar-refractivity contribution in [2.75, 3.05) is 6.61 Å². The van der Waals surface area contributed by atoms with Gasteiger partial charge in [0.25, 0.3) is 0 Å². The first-order valence-electron chi connectivity index (χ1n) is 21.0. The van der Waals surface area contributed by atoms with Crippen LogP contribution in [0.5, 0.6) is 0 Å². The average Bonchev–Trinajstić information content (AvgIpc) is 3.03. The highest BCUT2D eigenvalue weighted by Gasteiger charge is 2.02. The van der Waals surface area contributed by atoms with E-state index in [-0.39, 0.29) is 5.97 Å². The molecule has 0 saturated carbocycles. The standard InChI is InChI=1S/C42H84O2/c1-3-5-7-8-9-10-11-12-13-14-15-16-17-18-19-20-21-22-23-24-25-26-27-28-29-30-31-32-33-34-35-36-37-39-41-44-42(43)40-38-6-4-2/h3-41H2,1-2H3. The molecule has 0 bridgehead atoms. The van der Waals surface area contributed by atoms with Crippen LogP contribution >= 0.6 is 0 Å². The summed E-state index contributed by atoms with van der Waals surface area (Å²) in [5.41, 5.74) is 0. The molecule has 0 aliphatic heterocycles. The zero-order chi connectivity index (χ0) is 31.9. The summed E-state index contributed by atoms with van der Waals surface area (Å²) in [5, 5.41) is 0. The maximum Gasteiger partial charge on any atom is 0.305 e. The van der Waals surface area contributed by atoms with Crippen molar-refractivity contribution >= 4 is 5.97 Å². The van der Waals surface area contributed by atoms with Gasteiger partial charge in [-0.05, 0) is 12.8 Å². The lowest BCUT2D eigenvalue weighted by atomic mass is 10.0. The van der Waals surface area contributed by atoms with Crippen molar-refractivity contribution in [3.8, 4) is 0 Å². The van der Waals surface area contributed by atoms with Gasteiger partial charge >= 0.3 is 5.97 Å². The molecule has 0 saturated heterocycles. The number of unbranched alkanes of at least 4 members (excludes halogenated alkanes) is 35. The smallest absolute Gasteiger partial charge is 0.305 e. The van der Waals surface area contributed by atoms with E-state index in [0.29, 0.717) is 13.0 Å². The fourth-order valence-corrected chi connectivity index (χ4v) is 6.61. The minimum absolute atomic E-state index is 0.00416. The largest absolute Gasteiger partial charge is 0.466 e. The molecular formula is C42H84O2. The third-order valence-electron chi connectivity index (χ3n) is 9.75. The molecular weight excluding hydrogens is 536 g/mol. The molecule has 0 aromatic rings. The fraction of sp³-hybridized carbons (Fsp3) is 0.976. The third-order valence-corrected chi connectivity index (χ3v) is 9.75. The van der Waals surface area contributed by atoms with Crippen molar-refractivity contribution in [1.29, 1.82) is 0 Å². The van der Waals surface area contributed by atoms with E-state index in [4.69, 9.17) is 4.74 Å². The van der Waals surface area contributed by atoms with Crippen molar-refractivity contribution in [3.05, 3.63) is 0 Å². The molecule has 2 heteroatoms. The summed E-state index contributed by atoms with van der Waals surface area (Å²) in [6.07, 6.45) is 52.7. The quantitative estimate of drug-likeness (QED) is 0.0505. The molecule has 264 valence electrons.